The van der Waals surface area contributed by atoms with Crippen molar-refractivity contribution in [2.45, 2.75) is 32.2 Å². The van der Waals surface area contributed by atoms with Gasteiger partial charge in [0.2, 0.25) is 6.41 Å². The Morgan fingerprint density at radius 1 is 1.42 bits per heavy atom. The Bertz CT molecular complexity index is 723. The van der Waals surface area contributed by atoms with E-state index in [-0.39, 0.29) is 0 Å². The Morgan fingerprint density at radius 3 is 2.92 bits per heavy atom. The van der Waals surface area contributed by atoms with Crippen molar-refractivity contribution in [1.82, 2.24) is 15.0 Å². The van der Waals surface area contributed by atoms with Crippen LogP contribution in [0.5, 0.6) is 0 Å². The van der Waals surface area contributed by atoms with Gasteiger partial charge in [0.05, 0.1) is 11.9 Å². The van der Waals surface area contributed by atoms with Gasteiger partial charge in [0.1, 0.15) is 5.03 Å². The summed E-state index contributed by atoms with van der Waals surface area (Å²) in [4.78, 5) is 24.4. The van der Waals surface area contributed by atoms with Gasteiger partial charge in [0, 0.05) is 29.1 Å². The summed E-state index contributed by atoms with van der Waals surface area (Å²) in [5.41, 5.74) is 2.15. The van der Waals surface area contributed by atoms with Crippen LogP contribution in [-0.2, 0) is 11.2 Å². The third-order valence-corrected chi connectivity index (χ3v) is 4.57. The number of thioether (sulfide) groups is 1. The summed E-state index contributed by atoms with van der Waals surface area (Å²) < 4.78 is 0. The maximum Gasteiger partial charge on any atom is 0.213 e. The van der Waals surface area contributed by atoms with Crippen LogP contribution >= 0.6 is 23.1 Å². The molecule has 2 rings (SSSR count). The van der Waals surface area contributed by atoms with Gasteiger partial charge < -0.3 is 5.32 Å². The number of nitrogens with zero attached hydrogens (tertiary/aromatic N) is 3. The molecule has 7 heteroatoms. The molecule has 126 valence electrons. The number of nitrogens with one attached hydrogen (secondary N) is 1. The van der Waals surface area contributed by atoms with E-state index < -0.39 is 0 Å². The molecule has 0 aromatic carbocycles. The molecule has 0 unspecified atom stereocenters. The first kappa shape index (κ1) is 18.4. The molecule has 1 N–H and O–H groups in total. The molecular formula is C17H20N4OS2. The highest BCUT2D eigenvalue weighted by Crippen LogP contribution is 2.28. The van der Waals surface area contributed by atoms with Crippen LogP contribution in [0.25, 0.3) is 0 Å². The molecule has 2 heterocycles. The maximum absolute atomic E-state index is 10.5. The van der Waals surface area contributed by atoms with E-state index in [1.807, 2.05) is 5.38 Å². The van der Waals surface area contributed by atoms with E-state index >= 15 is 0 Å². The van der Waals surface area contributed by atoms with Crippen LogP contribution in [0.3, 0.4) is 0 Å². The number of aromatic nitrogens is 3. The molecule has 24 heavy (non-hydrogen) atoms. The number of amides is 1. The van der Waals surface area contributed by atoms with E-state index in [1.165, 1.54) is 16.9 Å². The fourth-order valence-corrected chi connectivity index (χ4v) is 3.72. The van der Waals surface area contributed by atoms with Gasteiger partial charge in [-0.1, -0.05) is 37.3 Å². The molecule has 0 aliphatic heterocycles. The van der Waals surface area contributed by atoms with Gasteiger partial charge in [-0.3, -0.25) is 9.78 Å². The SMILES string of the molecule is CC(=CC(=CC(C)C)Sc1cnccn1)Cc1csc(NC=O)n1. The Kier molecular flexibility index (Phi) is 7.14. The molecule has 2 aromatic heterocycles. The molecular weight excluding hydrogens is 340 g/mol. The minimum absolute atomic E-state index is 0.441. The lowest BCUT2D eigenvalue weighted by Gasteiger charge is -2.06. The van der Waals surface area contributed by atoms with Crippen molar-refractivity contribution in [3.63, 3.8) is 0 Å². The Labute approximate surface area is 150 Å². The van der Waals surface area contributed by atoms with Crippen LogP contribution < -0.4 is 5.32 Å². The molecule has 0 radical (unpaired) electrons. The van der Waals surface area contributed by atoms with E-state index in [2.05, 4.69) is 53.2 Å². The summed E-state index contributed by atoms with van der Waals surface area (Å²) in [6, 6.07) is 0. The van der Waals surface area contributed by atoms with Gasteiger partial charge >= 0.3 is 0 Å². The van der Waals surface area contributed by atoms with Gasteiger partial charge in [0.25, 0.3) is 0 Å². The maximum atomic E-state index is 10.5. The third-order valence-electron chi connectivity index (χ3n) is 2.84. The first-order chi connectivity index (χ1) is 11.6. The fraction of sp³-hybridized carbons (Fsp3) is 0.294. The number of hydrogen-bond donors (Lipinski definition) is 1. The lowest BCUT2D eigenvalue weighted by molar-refractivity contribution is -0.105. The van der Waals surface area contributed by atoms with Gasteiger partial charge in [0.15, 0.2) is 5.13 Å². The van der Waals surface area contributed by atoms with Gasteiger partial charge in [-0.2, -0.15) is 0 Å². The van der Waals surface area contributed by atoms with Crippen molar-refractivity contribution in [3.8, 4) is 0 Å². The van der Waals surface area contributed by atoms with E-state index in [4.69, 9.17) is 0 Å². The lowest BCUT2D eigenvalue weighted by atomic mass is 10.1. The van der Waals surface area contributed by atoms with Crippen LogP contribution in [0.15, 0.2) is 51.6 Å². The molecule has 5 nitrogen and oxygen atoms in total. The summed E-state index contributed by atoms with van der Waals surface area (Å²) in [5.74, 6) is 0.441. The molecule has 0 aliphatic rings. The monoisotopic (exact) mass is 360 g/mol. The topological polar surface area (TPSA) is 67.8 Å². The zero-order chi connectivity index (χ0) is 17.4. The number of thiazole rings is 1. The van der Waals surface area contributed by atoms with Crippen molar-refractivity contribution >= 4 is 34.6 Å². The van der Waals surface area contributed by atoms with E-state index in [1.54, 1.807) is 30.4 Å². The predicted octanol–water partition coefficient (Wildman–Crippen LogP) is 4.32. The summed E-state index contributed by atoms with van der Waals surface area (Å²) >= 11 is 3.03. The van der Waals surface area contributed by atoms with E-state index in [9.17, 15) is 4.79 Å². The minimum atomic E-state index is 0.441. The van der Waals surface area contributed by atoms with Crippen LogP contribution in [0.4, 0.5) is 5.13 Å². The first-order valence-corrected chi connectivity index (χ1v) is 9.24. The summed E-state index contributed by atoms with van der Waals surface area (Å²) in [5, 5.41) is 6.04. The summed E-state index contributed by atoms with van der Waals surface area (Å²) in [6.07, 6.45) is 10.9. The largest absolute Gasteiger partial charge is 0.305 e. The van der Waals surface area contributed by atoms with Crippen LogP contribution in [-0.4, -0.2) is 21.4 Å². The molecule has 1 amide bonds. The van der Waals surface area contributed by atoms with Crippen molar-refractivity contribution in [2.24, 2.45) is 5.92 Å². The summed E-state index contributed by atoms with van der Waals surface area (Å²) in [7, 11) is 0. The smallest absolute Gasteiger partial charge is 0.213 e. The molecule has 0 bridgehead atoms. The molecule has 0 saturated carbocycles. The molecule has 0 fully saturated rings. The fourth-order valence-electron chi connectivity index (χ4n) is 1.98. The average molecular weight is 361 g/mol. The highest BCUT2D eigenvalue weighted by atomic mass is 32.2. The standard InChI is InChI=1S/C17H20N4OS2/c1-12(2)6-15(24-16-9-18-4-5-19-16)8-13(3)7-14-10-23-17(21-14)20-11-22/h4-6,8-12H,7H2,1-3H3,(H,20,21,22). The average Bonchev–Trinajstić information content (AvgIpc) is 2.95. The van der Waals surface area contributed by atoms with Crippen LogP contribution in [0, 0.1) is 5.92 Å². The molecule has 0 aliphatic carbocycles. The highest BCUT2D eigenvalue weighted by Gasteiger charge is 2.05. The Morgan fingerprint density at radius 2 is 2.25 bits per heavy atom. The number of anilines is 1. The second kappa shape index (κ2) is 9.34. The van der Waals surface area contributed by atoms with Gasteiger partial charge in [-0.15, -0.1) is 11.3 Å². The molecule has 2 aromatic rings. The van der Waals surface area contributed by atoms with Gasteiger partial charge in [-0.05, 0) is 18.9 Å². The van der Waals surface area contributed by atoms with E-state index in [0.717, 1.165) is 22.0 Å². The quantitative estimate of drug-likeness (QED) is 0.431. The second-order valence-corrected chi connectivity index (χ2v) is 7.48. The van der Waals surface area contributed by atoms with Crippen LogP contribution in [0.2, 0.25) is 0 Å². The van der Waals surface area contributed by atoms with Gasteiger partial charge in [-0.25, -0.2) is 9.97 Å². The van der Waals surface area contributed by atoms with Crippen molar-refractivity contribution in [1.29, 1.82) is 0 Å². The lowest BCUT2D eigenvalue weighted by Crippen LogP contribution is -1.94. The summed E-state index contributed by atoms with van der Waals surface area (Å²) in [6.45, 7) is 6.38. The number of allylic oxidation sites excluding steroid dienone is 3. The third kappa shape index (κ3) is 6.25. The van der Waals surface area contributed by atoms with Crippen molar-refractivity contribution in [3.05, 3.63) is 52.3 Å². The second-order valence-electron chi connectivity index (χ2n) is 5.53. The zero-order valence-electron chi connectivity index (χ0n) is 13.9. The normalized spacial score (nSPS) is 12.5. The zero-order valence-corrected chi connectivity index (χ0v) is 15.5. The highest BCUT2D eigenvalue weighted by molar-refractivity contribution is 8.03. The number of hydrogen-bond acceptors (Lipinski definition) is 6. The Balaban J connectivity index is 2.10. The first-order valence-electron chi connectivity index (χ1n) is 7.54. The molecule has 0 atom stereocenters. The van der Waals surface area contributed by atoms with Crippen molar-refractivity contribution < 1.29 is 4.79 Å². The number of rotatable bonds is 8. The minimum Gasteiger partial charge on any atom is -0.305 e. The molecule has 0 saturated heterocycles. The van der Waals surface area contributed by atoms with Crippen LogP contribution in [0.1, 0.15) is 26.5 Å². The molecule has 0 spiro atoms. The predicted molar refractivity (Wildman–Crippen MR) is 100 cm³/mol. The number of carbonyl (C=O) groups excluding carboxylic acids is 1. The van der Waals surface area contributed by atoms with E-state index in [0.29, 0.717) is 17.5 Å². The van der Waals surface area contributed by atoms with Crippen molar-refractivity contribution in [2.75, 3.05) is 5.32 Å². The Hall–Kier alpha value is -1.99. The number of carbonyl (C=O) groups is 1.